The highest BCUT2D eigenvalue weighted by Crippen LogP contribution is 2.24. The molecular formula is C10H13BrN2O3S. The number of methoxy groups -OCH3 is 1. The Kier molecular flexibility index (Phi) is 4.53. The molecule has 0 aromatic heterocycles. The molecule has 1 rings (SSSR count). The van der Waals surface area contributed by atoms with E-state index in [4.69, 9.17) is 4.74 Å². The van der Waals surface area contributed by atoms with E-state index in [1.54, 1.807) is 18.2 Å². The Morgan fingerprint density at radius 1 is 1.41 bits per heavy atom. The Hall–Kier alpha value is -1.08. The summed E-state index contributed by atoms with van der Waals surface area (Å²) in [7, 11) is -0.919. The van der Waals surface area contributed by atoms with Gasteiger partial charge in [-0.15, -0.1) is 4.36 Å². The first-order valence-corrected chi connectivity index (χ1v) is 7.75. The Bertz CT molecular complexity index is 542. The van der Waals surface area contributed by atoms with Gasteiger partial charge in [0.1, 0.15) is 5.75 Å². The molecule has 0 radical (unpaired) electrons. The van der Waals surface area contributed by atoms with E-state index in [2.05, 4.69) is 25.6 Å². The maximum atomic E-state index is 11.4. The second-order valence-corrected chi connectivity index (χ2v) is 7.04. The number of benzene rings is 1. The number of rotatable bonds is 2. The molecule has 0 bridgehead atoms. The minimum atomic E-state index is -2.45. The highest BCUT2D eigenvalue weighted by Gasteiger charge is 2.05. The number of carbonyl (C=O) groups is 1. The van der Waals surface area contributed by atoms with Crippen LogP contribution >= 0.6 is 15.9 Å². The van der Waals surface area contributed by atoms with Crippen LogP contribution in [0, 0.1) is 0 Å². The molecule has 0 aliphatic carbocycles. The molecule has 1 aromatic carbocycles. The summed E-state index contributed by atoms with van der Waals surface area (Å²) in [6.07, 6.45) is 2.79. The van der Waals surface area contributed by atoms with Crippen molar-refractivity contribution < 1.29 is 13.7 Å². The molecule has 17 heavy (non-hydrogen) atoms. The van der Waals surface area contributed by atoms with Crippen LogP contribution < -0.4 is 10.1 Å². The number of hydrogen-bond acceptors (Lipinski definition) is 3. The molecule has 0 saturated carbocycles. The van der Waals surface area contributed by atoms with Crippen molar-refractivity contribution in [2.24, 2.45) is 4.36 Å². The van der Waals surface area contributed by atoms with Gasteiger partial charge in [-0.2, -0.15) is 0 Å². The number of carbonyl (C=O) groups excluding carboxylic acids is 1. The number of ether oxygens (including phenoxy) is 1. The summed E-state index contributed by atoms with van der Waals surface area (Å²) in [6.45, 7) is 0. The summed E-state index contributed by atoms with van der Waals surface area (Å²) in [4.78, 5) is 11.4. The Labute approximate surface area is 109 Å². The van der Waals surface area contributed by atoms with E-state index in [1.807, 2.05) is 0 Å². The molecule has 1 N–H and O–H groups in total. The maximum absolute atomic E-state index is 11.4. The van der Waals surface area contributed by atoms with Crippen molar-refractivity contribution in [1.82, 2.24) is 0 Å². The lowest BCUT2D eigenvalue weighted by atomic mass is 10.3. The fourth-order valence-electron chi connectivity index (χ4n) is 1.10. The van der Waals surface area contributed by atoms with Crippen molar-refractivity contribution >= 4 is 37.4 Å². The van der Waals surface area contributed by atoms with Gasteiger partial charge in [-0.05, 0) is 12.1 Å². The topological polar surface area (TPSA) is 67.8 Å². The first kappa shape index (κ1) is 14.0. The third kappa shape index (κ3) is 5.18. The predicted octanol–water partition coefficient (Wildman–Crippen LogP) is 2.72. The zero-order valence-electron chi connectivity index (χ0n) is 9.69. The molecule has 94 valence electrons. The Balaban J connectivity index is 2.93. The number of nitrogens with zero attached hydrogens (tertiary/aromatic N) is 1. The number of anilines is 1. The van der Waals surface area contributed by atoms with E-state index >= 15 is 0 Å². The third-order valence-electron chi connectivity index (χ3n) is 1.66. The first-order chi connectivity index (χ1) is 7.80. The normalized spacial score (nSPS) is 10.8. The molecule has 0 saturated heterocycles. The molecule has 0 heterocycles. The van der Waals surface area contributed by atoms with Crippen LogP contribution in [-0.2, 0) is 9.73 Å². The second kappa shape index (κ2) is 5.50. The van der Waals surface area contributed by atoms with Crippen molar-refractivity contribution in [2.75, 3.05) is 24.9 Å². The van der Waals surface area contributed by atoms with Crippen LogP contribution in [0.4, 0.5) is 10.5 Å². The van der Waals surface area contributed by atoms with Crippen LogP contribution in [0.25, 0.3) is 0 Å². The lowest BCUT2D eigenvalue weighted by Gasteiger charge is -2.06. The van der Waals surface area contributed by atoms with Crippen LogP contribution in [0.15, 0.2) is 27.0 Å². The molecule has 0 aliphatic heterocycles. The van der Waals surface area contributed by atoms with Gasteiger partial charge in [0.25, 0.3) is 0 Å². The van der Waals surface area contributed by atoms with Crippen LogP contribution in [0.1, 0.15) is 0 Å². The van der Waals surface area contributed by atoms with E-state index in [1.165, 1.54) is 19.6 Å². The monoisotopic (exact) mass is 320 g/mol. The van der Waals surface area contributed by atoms with E-state index in [9.17, 15) is 9.00 Å². The minimum absolute atomic E-state index is 0.522. The van der Waals surface area contributed by atoms with Gasteiger partial charge in [-0.25, -0.2) is 9.00 Å². The first-order valence-electron chi connectivity index (χ1n) is 4.63. The summed E-state index contributed by atoms with van der Waals surface area (Å²) in [5, 5.41) is 2.52. The molecule has 0 aliphatic rings. The number of nitrogens with one attached hydrogen (secondary N) is 1. The number of urea groups is 1. The third-order valence-corrected chi connectivity index (χ3v) is 2.72. The van der Waals surface area contributed by atoms with Gasteiger partial charge < -0.3 is 10.1 Å². The lowest BCUT2D eigenvalue weighted by Crippen LogP contribution is -2.09. The van der Waals surface area contributed by atoms with Crippen LogP contribution in [0.2, 0.25) is 0 Å². The predicted molar refractivity (Wildman–Crippen MR) is 72.1 cm³/mol. The van der Waals surface area contributed by atoms with Crippen molar-refractivity contribution in [1.29, 1.82) is 0 Å². The lowest BCUT2D eigenvalue weighted by molar-refractivity contribution is 0.260. The smallest absolute Gasteiger partial charge is 0.353 e. The summed E-state index contributed by atoms with van der Waals surface area (Å²) in [5.41, 5.74) is 0.522. The highest BCUT2D eigenvalue weighted by molar-refractivity contribution is 9.10. The SMILES string of the molecule is COc1cc(Br)cc(NC(=O)N=S(C)(C)=O)c1. The zero-order valence-corrected chi connectivity index (χ0v) is 12.1. The Morgan fingerprint density at radius 2 is 2.06 bits per heavy atom. The summed E-state index contributed by atoms with van der Waals surface area (Å²) >= 11 is 3.29. The molecule has 0 fully saturated rings. The molecule has 1 aromatic rings. The van der Waals surface area contributed by atoms with Gasteiger partial charge in [-0.3, -0.25) is 0 Å². The van der Waals surface area contributed by atoms with Crippen LogP contribution in [0.5, 0.6) is 5.75 Å². The van der Waals surface area contributed by atoms with Gasteiger partial charge >= 0.3 is 6.03 Å². The summed E-state index contributed by atoms with van der Waals surface area (Å²) in [6, 6.07) is 4.46. The molecule has 0 unspecified atom stereocenters. The van der Waals surface area contributed by atoms with Crippen molar-refractivity contribution in [3.8, 4) is 5.75 Å². The van der Waals surface area contributed by atoms with E-state index in [0.717, 1.165) is 4.47 Å². The number of halogens is 1. The van der Waals surface area contributed by atoms with E-state index < -0.39 is 15.8 Å². The molecule has 7 heteroatoms. The fraction of sp³-hybridized carbons (Fsp3) is 0.300. The maximum Gasteiger partial charge on any atom is 0.353 e. The number of hydrogen-bond donors (Lipinski definition) is 1. The van der Waals surface area contributed by atoms with Crippen LogP contribution in [-0.4, -0.2) is 29.9 Å². The van der Waals surface area contributed by atoms with Gasteiger partial charge in [-0.1, -0.05) is 15.9 Å². The molecular weight excluding hydrogens is 308 g/mol. The van der Waals surface area contributed by atoms with Crippen molar-refractivity contribution in [2.45, 2.75) is 0 Å². The highest BCUT2D eigenvalue weighted by atomic mass is 79.9. The average Bonchev–Trinajstić information content (AvgIpc) is 2.13. The van der Waals surface area contributed by atoms with Gasteiger partial charge in [0, 0.05) is 28.7 Å². The standard InChI is InChI=1S/C10H13BrN2O3S/c1-16-9-5-7(11)4-8(6-9)12-10(14)13-17(2,3)15/h4-6H,1-3H3,(H,12,14). The molecule has 0 spiro atoms. The fourth-order valence-corrected chi connectivity index (χ4v) is 2.02. The average molecular weight is 321 g/mol. The summed E-state index contributed by atoms with van der Waals surface area (Å²) < 4.78 is 20.6. The Morgan fingerprint density at radius 3 is 2.59 bits per heavy atom. The van der Waals surface area contributed by atoms with Crippen molar-refractivity contribution in [3.05, 3.63) is 22.7 Å². The number of amides is 2. The molecule has 0 atom stereocenters. The quantitative estimate of drug-likeness (QED) is 0.911. The van der Waals surface area contributed by atoms with E-state index in [0.29, 0.717) is 11.4 Å². The van der Waals surface area contributed by atoms with E-state index in [-0.39, 0.29) is 0 Å². The largest absolute Gasteiger partial charge is 0.497 e. The van der Waals surface area contributed by atoms with Gasteiger partial charge in [0.05, 0.1) is 16.8 Å². The molecule has 5 nitrogen and oxygen atoms in total. The van der Waals surface area contributed by atoms with Gasteiger partial charge in [0.2, 0.25) is 0 Å². The second-order valence-electron chi connectivity index (χ2n) is 3.58. The summed E-state index contributed by atoms with van der Waals surface area (Å²) in [5.74, 6) is 0.600. The molecule has 2 amide bonds. The van der Waals surface area contributed by atoms with Crippen molar-refractivity contribution in [3.63, 3.8) is 0 Å². The van der Waals surface area contributed by atoms with Crippen LogP contribution in [0.3, 0.4) is 0 Å². The zero-order chi connectivity index (χ0) is 13.1. The van der Waals surface area contributed by atoms with Gasteiger partial charge in [0.15, 0.2) is 0 Å². The minimum Gasteiger partial charge on any atom is -0.497 e.